The monoisotopic (exact) mass is 269 g/mol. The molecule has 2 heteroatoms. The fourth-order valence-electron chi connectivity index (χ4n) is 0.849. The molecule has 1 rings (SSSR count). The summed E-state index contributed by atoms with van der Waals surface area (Å²) in [6, 6.07) is 9.63. The van der Waals surface area contributed by atoms with Crippen LogP contribution >= 0.6 is 22.6 Å². The number of hydrogen-bond donors (Lipinski definition) is 0. The van der Waals surface area contributed by atoms with Crippen molar-refractivity contribution in [2.24, 2.45) is 0 Å². The second-order valence-corrected chi connectivity index (χ2v) is 3.17. The topological polar surface area (TPSA) is 23.8 Å². The highest BCUT2D eigenvalue weighted by Gasteiger charge is 1.87. The highest BCUT2D eigenvalue weighted by molar-refractivity contribution is 14.1. The van der Waals surface area contributed by atoms with Crippen LogP contribution in [0, 0.1) is 11.3 Å². The molecule has 0 unspecified atom stereocenters. The summed E-state index contributed by atoms with van der Waals surface area (Å²) in [5, 5.41) is 8.54. The van der Waals surface area contributed by atoms with Crippen LogP contribution in [0.4, 0.5) is 0 Å². The lowest BCUT2D eigenvalue weighted by Gasteiger charge is -1.91. The number of nitrogens with zero attached hydrogens (tertiary/aromatic N) is 1. The van der Waals surface area contributed by atoms with Crippen molar-refractivity contribution in [1.82, 2.24) is 0 Å². The van der Waals surface area contributed by atoms with Gasteiger partial charge in [-0.25, -0.2) is 0 Å². The summed E-state index contributed by atoms with van der Waals surface area (Å²) in [4.78, 5) is 0. The first kappa shape index (κ1) is 9.27. The molecule has 12 heavy (non-hydrogen) atoms. The molecular weight excluding hydrogens is 261 g/mol. The van der Waals surface area contributed by atoms with E-state index < -0.39 is 0 Å². The van der Waals surface area contributed by atoms with Gasteiger partial charge in [0.05, 0.1) is 11.6 Å². The van der Waals surface area contributed by atoms with Crippen molar-refractivity contribution in [2.45, 2.75) is 0 Å². The smallest absolute Gasteiger partial charge is 0.0991 e. The van der Waals surface area contributed by atoms with E-state index in [1.807, 2.05) is 30.3 Å². The Morgan fingerprint density at radius 1 is 1.33 bits per heavy atom. The van der Waals surface area contributed by atoms with Crippen LogP contribution in [0.2, 0.25) is 0 Å². The lowest BCUT2D eigenvalue weighted by Crippen LogP contribution is -1.74. The van der Waals surface area contributed by atoms with Crippen LogP contribution in [0.25, 0.3) is 6.08 Å². The third-order valence-corrected chi connectivity index (χ3v) is 1.95. The number of nitriles is 1. The predicted octanol–water partition coefficient (Wildman–Crippen LogP) is 3.01. The van der Waals surface area contributed by atoms with Gasteiger partial charge in [0.1, 0.15) is 0 Å². The van der Waals surface area contributed by atoms with Crippen LogP contribution < -0.4 is 0 Å². The van der Waals surface area contributed by atoms with Gasteiger partial charge in [0.25, 0.3) is 0 Å². The van der Waals surface area contributed by atoms with Crippen LogP contribution in [0.3, 0.4) is 0 Å². The largest absolute Gasteiger partial charge is 0.192 e. The van der Waals surface area contributed by atoms with E-state index in [-0.39, 0.29) is 0 Å². The average molecular weight is 269 g/mol. The maximum atomic E-state index is 8.54. The Labute approximate surface area is 85.9 Å². The van der Waals surface area contributed by atoms with Gasteiger partial charge in [-0.2, -0.15) is 5.26 Å². The van der Waals surface area contributed by atoms with Gasteiger partial charge in [0, 0.05) is 4.43 Å². The summed E-state index contributed by atoms with van der Waals surface area (Å²) < 4.78 is 1.01. The van der Waals surface area contributed by atoms with Crippen LogP contribution in [0.1, 0.15) is 11.1 Å². The second kappa shape index (κ2) is 4.94. The summed E-state index contributed by atoms with van der Waals surface area (Å²) in [5.74, 6) is 0. The molecule has 1 nitrogen and oxygen atoms in total. The van der Waals surface area contributed by atoms with Crippen molar-refractivity contribution < 1.29 is 0 Å². The fourth-order valence-corrected chi connectivity index (χ4v) is 1.10. The fraction of sp³-hybridized carbons (Fsp3) is 0.100. The van der Waals surface area contributed by atoms with Crippen molar-refractivity contribution in [2.75, 3.05) is 4.43 Å². The Bertz CT molecular complexity index is 306. The van der Waals surface area contributed by atoms with Crippen LogP contribution in [-0.2, 0) is 0 Å². The zero-order chi connectivity index (χ0) is 8.81. The normalized spacial score (nSPS) is 10.0. The average Bonchev–Trinajstić information content (AvgIpc) is 2.15. The van der Waals surface area contributed by atoms with Gasteiger partial charge in [-0.15, -0.1) is 0 Å². The van der Waals surface area contributed by atoms with E-state index in [0.29, 0.717) is 5.56 Å². The van der Waals surface area contributed by atoms with Crippen molar-refractivity contribution in [3.63, 3.8) is 0 Å². The molecule has 0 atom stereocenters. The molecule has 60 valence electrons. The van der Waals surface area contributed by atoms with Gasteiger partial charge in [0.2, 0.25) is 0 Å². The van der Waals surface area contributed by atoms with E-state index in [1.165, 1.54) is 0 Å². The molecule has 0 N–H and O–H groups in total. The molecule has 0 saturated heterocycles. The standard InChI is InChI=1S/C10H8IN/c11-7-1-2-9-3-5-10(8-12)6-4-9/h1-6H,7H2/b2-1+. The Balaban J connectivity index is 2.80. The Morgan fingerprint density at radius 2 is 2.00 bits per heavy atom. The first-order valence-corrected chi connectivity index (χ1v) is 5.12. The van der Waals surface area contributed by atoms with Gasteiger partial charge in [0.15, 0.2) is 0 Å². The SMILES string of the molecule is N#Cc1ccc(/C=C/CI)cc1. The molecule has 0 aliphatic rings. The Kier molecular flexibility index (Phi) is 3.81. The molecule has 0 aromatic heterocycles. The molecule has 0 spiro atoms. The van der Waals surface area contributed by atoms with Crippen LogP contribution in [-0.4, -0.2) is 4.43 Å². The Hall–Kier alpha value is -0.820. The molecule has 0 aliphatic heterocycles. The van der Waals surface area contributed by atoms with Crippen molar-refractivity contribution in [3.8, 4) is 6.07 Å². The molecule has 0 fully saturated rings. The molecular formula is C10H8IN. The Morgan fingerprint density at radius 3 is 2.50 bits per heavy atom. The second-order valence-electron chi connectivity index (χ2n) is 2.29. The van der Waals surface area contributed by atoms with Crippen molar-refractivity contribution in [3.05, 3.63) is 41.5 Å². The molecule has 0 aliphatic carbocycles. The summed E-state index contributed by atoms with van der Waals surface area (Å²) in [6.07, 6.45) is 4.13. The molecule has 1 aromatic carbocycles. The summed E-state index contributed by atoms with van der Waals surface area (Å²) in [7, 11) is 0. The first-order chi connectivity index (χ1) is 5.86. The van der Waals surface area contributed by atoms with E-state index in [4.69, 9.17) is 5.26 Å². The summed E-state index contributed by atoms with van der Waals surface area (Å²) in [6.45, 7) is 0. The number of hydrogen-bond acceptors (Lipinski definition) is 1. The van der Waals surface area contributed by atoms with Gasteiger partial charge >= 0.3 is 0 Å². The zero-order valence-corrected chi connectivity index (χ0v) is 8.65. The molecule has 0 heterocycles. The minimum atomic E-state index is 0.710. The summed E-state index contributed by atoms with van der Waals surface area (Å²) >= 11 is 2.29. The van der Waals surface area contributed by atoms with Crippen LogP contribution in [0.5, 0.6) is 0 Å². The van der Waals surface area contributed by atoms with E-state index in [2.05, 4.69) is 34.7 Å². The maximum Gasteiger partial charge on any atom is 0.0991 e. The zero-order valence-electron chi connectivity index (χ0n) is 6.50. The number of allylic oxidation sites excluding steroid dienone is 1. The quantitative estimate of drug-likeness (QED) is 0.598. The highest BCUT2D eigenvalue weighted by atomic mass is 127. The van der Waals surface area contributed by atoms with Gasteiger partial charge < -0.3 is 0 Å². The third kappa shape index (κ3) is 2.67. The van der Waals surface area contributed by atoms with Crippen molar-refractivity contribution in [1.29, 1.82) is 5.26 Å². The number of halogens is 1. The number of benzene rings is 1. The number of rotatable bonds is 2. The van der Waals surface area contributed by atoms with Gasteiger partial charge in [-0.3, -0.25) is 0 Å². The lowest BCUT2D eigenvalue weighted by molar-refractivity contribution is 1.48. The molecule has 1 aromatic rings. The lowest BCUT2D eigenvalue weighted by atomic mass is 10.1. The van der Waals surface area contributed by atoms with Gasteiger partial charge in [-0.05, 0) is 17.7 Å². The molecule has 0 amide bonds. The van der Waals surface area contributed by atoms with E-state index in [0.717, 1.165) is 9.99 Å². The first-order valence-electron chi connectivity index (χ1n) is 3.59. The molecule has 0 radical (unpaired) electrons. The minimum absolute atomic E-state index is 0.710. The summed E-state index contributed by atoms with van der Waals surface area (Å²) in [5.41, 5.74) is 1.85. The predicted molar refractivity (Wildman–Crippen MR) is 59.1 cm³/mol. The van der Waals surface area contributed by atoms with Gasteiger partial charge in [-0.1, -0.05) is 46.9 Å². The maximum absolute atomic E-state index is 8.54. The molecule has 0 bridgehead atoms. The highest BCUT2D eigenvalue weighted by Crippen LogP contribution is 2.05. The molecule has 0 saturated carbocycles. The van der Waals surface area contributed by atoms with Crippen LogP contribution in [0.15, 0.2) is 30.3 Å². The number of alkyl halides is 1. The van der Waals surface area contributed by atoms with E-state index >= 15 is 0 Å². The minimum Gasteiger partial charge on any atom is -0.192 e. The van der Waals surface area contributed by atoms with Crippen molar-refractivity contribution >= 4 is 28.7 Å². The van der Waals surface area contributed by atoms with E-state index in [1.54, 1.807) is 0 Å². The van der Waals surface area contributed by atoms with E-state index in [9.17, 15) is 0 Å². The third-order valence-electron chi connectivity index (χ3n) is 1.44.